The van der Waals surface area contributed by atoms with E-state index in [0.717, 1.165) is 15.5 Å². The molecule has 1 unspecified atom stereocenters. The number of fused-ring (bicyclic) bond motifs is 4. The van der Waals surface area contributed by atoms with E-state index in [2.05, 4.69) is 9.98 Å². The van der Waals surface area contributed by atoms with E-state index in [9.17, 15) is 9.59 Å². The zero-order valence-electron chi connectivity index (χ0n) is 12.8. The molecule has 1 aromatic heterocycles. The predicted molar refractivity (Wildman–Crippen MR) is 90.7 cm³/mol. The van der Waals surface area contributed by atoms with Crippen LogP contribution in [0.4, 0.5) is 10.5 Å². The van der Waals surface area contributed by atoms with Crippen molar-refractivity contribution in [1.29, 1.82) is 0 Å². The second kappa shape index (κ2) is 5.32. The second-order valence-electron chi connectivity index (χ2n) is 5.64. The fraction of sp³-hybridized carbons (Fsp3) is 0.176. The number of amides is 3. The monoisotopic (exact) mass is 353 g/mol. The summed E-state index contributed by atoms with van der Waals surface area (Å²) < 4.78 is 11.0. The molecular weight excluding hydrogens is 342 g/mol. The minimum Gasteiger partial charge on any atom is -0.486 e. The number of ether oxygens (including phenoxy) is 2. The van der Waals surface area contributed by atoms with Crippen molar-refractivity contribution < 1.29 is 19.1 Å². The van der Waals surface area contributed by atoms with E-state index in [0.29, 0.717) is 36.1 Å². The maximum absolute atomic E-state index is 13.0. The standard InChI is InChI=1S/C17H11N3O4S/c21-16-14-13(10-2-1-5-18-15(10)25-14)19-17(22)20(16)9-3-4-11-12(8-9)24-7-6-23-11/h1-5,8,14H,6-7H2. The molecule has 0 aliphatic carbocycles. The molecule has 0 spiro atoms. The highest BCUT2D eigenvalue weighted by atomic mass is 32.2. The van der Waals surface area contributed by atoms with Crippen LogP contribution in [0.1, 0.15) is 5.56 Å². The van der Waals surface area contributed by atoms with Gasteiger partial charge in [0.15, 0.2) is 11.5 Å². The molecule has 1 aromatic carbocycles. The van der Waals surface area contributed by atoms with Crippen LogP contribution in [0.2, 0.25) is 0 Å². The number of aromatic nitrogens is 1. The molecule has 3 aliphatic rings. The number of imide groups is 1. The van der Waals surface area contributed by atoms with E-state index in [1.165, 1.54) is 11.8 Å². The van der Waals surface area contributed by atoms with Crippen molar-refractivity contribution in [2.45, 2.75) is 10.3 Å². The van der Waals surface area contributed by atoms with Crippen LogP contribution < -0.4 is 14.4 Å². The van der Waals surface area contributed by atoms with Crippen molar-refractivity contribution in [1.82, 2.24) is 4.98 Å². The Morgan fingerprint density at radius 2 is 1.96 bits per heavy atom. The number of carbonyl (C=O) groups excluding carboxylic acids is 2. The van der Waals surface area contributed by atoms with E-state index in [1.54, 1.807) is 30.5 Å². The predicted octanol–water partition coefficient (Wildman–Crippen LogP) is 2.28. The average Bonchev–Trinajstić information content (AvgIpc) is 3.01. The first kappa shape index (κ1) is 14.5. The van der Waals surface area contributed by atoms with Gasteiger partial charge in [-0.1, -0.05) is 11.8 Å². The van der Waals surface area contributed by atoms with Crippen molar-refractivity contribution in [3.63, 3.8) is 0 Å². The lowest BCUT2D eigenvalue weighted by molar-refractivity contribution is -0.116. The Labute approximate surface area is 146 Å². The Kier molecular flexibility index (Phi) is 3.08. The largest absolute Gasteiger partial charge is 0.486 e. The summed E-state index contributed by atoms with van der Waals surface area (Å²) in [6, 6.07) is 7.98. The average molecular weight is 353 g/mol. The molecule has 0 fully saturated rings. The summed E-state index contributed by atoms with van der Waals surface area (Å²) in [6.07, 6.45) is 1.66. The van der Waals surface area contributed by atoms with Crippen LogP contribution in [0.3, 0.4) is 0 Å². The first-order chi connectivity index (χ1) is 12.2. The molecule has 8 heteroatoms. The second-order valence-corrected chi connectivity index (χ2v) is 6.73. The third-order valence-electron chi connectivity index (χ3n) is 4.16. The van der Waals surface area contributed by atoms with Gasteiger partial charge in [0.25, 0.3) is 5.91 Å². The topological polar surface area (TPSA) is 81.1 Å². The van der Waals surface area contributed by atoms with Gasteiger partial charge in [-0.15, -0.1) is 0 Å². The lowest BCUT2D eigenvalue weighted by Crippen LogP contribution is -2.47. The summed E-state index contributed by atoms with van der Waals surface area (Å²) in [6.45, 7) is 0.908. The smallest absolute Gasteiger partial charge is 0.355 e. The van der Waals surface area contributed by atoms with Crippen LogP contribution in [-0.4, -0.2) is 41.1 Å². The van der Waals surface area contributed by atoms with Crippen LogP contribution in [-0.2, 0) is 4.79 Å². The molecule has 0 saturated heterocycles. The first-order valence-corrected chi connectivity index (χ1v) is 8.58. The summed E-state index contributed by atoms with van der Waals surface area (Å²) in [5.74, 6) is 0.792. The van der Waals surface area contributed by atoms with Gasteiger partial charge in [0.05, 0.1) is 11.4 Å². The summed E-state index contributed by atoms with van der Waals surface area (Å²) in [4.78, 5) is 35.0. The van der Waals surface area contributed by atoms with Gasteiger partial charge in [0.2, 0.25) is 0 Å². The van der Waals surface area contributed by atoms with Crippen LogP contribution >= 0.6 is 11.8 Å². The van der Waals surface area contributed by atoms with Crippen LogP contribution in [0.25, 0.3) is 0 Å². The highest BCUT2D eigenvalue weighted by molar-refractivity contribution is 8.02. The SMILES string of the molecule is O=C1N=C2c3cccnc3SC2C(=O)N1c1ccc2c(c1)OCCO2. The maximum Gasteiger partial charge on any atom is 0.355 e. The normalized spacial score (nSPS) is 20.9. The molecule has 0 saturated carbocycles. The number of nitrogens with zero attached hydrogens (tertiary/aromatic N) is 3. The Balaban J connectivity index is 1.55. The van der Waals surface area contributed by atoms with Gasteiger partial charge in [0.1, 0.15) is 23.5 Å². The third kappa shape index (κ3) is 2.14. The van der Waals surface area contributed by atoms with Crippen LogP contribution in [0, 0.1) is 0 Å². The molecule has 1 atom stereocenters. The van der Waals surface area contributed by atoms with E-state index >= 15 is 0 Å². The quantitative estimate of drug-likeness (QED) is 0.782. The Hall–Kier alpha value is -2.87. The Morgan fingerprint density at radius 1 is 1.12 bits per heavy atom. The zero-order chi connectivity index (χ0) is 17.0. The number of rotatable bonds is 1. The molecule has 0 radical (unpaired) electrons. The molecule has 124 valence electrons. The minimum atomic E-state index is -0.606. The molecular formula is C17H11N3O4S. The molecule has 2 aromatic rings. The summed E-state index contributed by atoms with van der Waals surface area (Å²) in [5.41, 5.74) is 1.66. The maximum atomic E-state index is 13.0. The van der Waals surface area contributed by atoms with Gasteiger partial charge in [-0.25, -0.2) is 14.7 Å². The van der Waals surface area contributed by atoms with Crippen molar-refractivity contribution >= 4 is 35.1 Å². The molecule has 3 amide bonds. The highest BCUT2D eigenvalue weighted by Gasteiger charge is 2.44. The van der Waals surface area contributed by atoms with E-state index in [1.807, 2.05) is 6.07 Å². The first-order valence-electron chi connectivity index (χ1n) is 7.70. The fourth-order valence-corrected chi connectivity index (χ4v) is 4.19. The zero-order valence-corrected chi connectivity index (χ0v) is 13.7. The minimum absolute atomic E-state index is 0.324. The van der Waals surface area contributed by atoms with E-state index in [4.69, 9.17) is 9.47 Å². The van der Waals surface area contributed by atoms with Crippen molar-refractivity contribution in [2.24, 2.45) is 4.99 Å². The van der Waals surface area contributed by atoms with Crippen LogP contribution in [0.5, 0.6) is 11.5 Å². The van der Waals surface area contributed by atoms with Crippen LogP contribution in [0.15, 0.2) is 46.5 Å². The summed E-state index contributed by atoms with van der Waals surface area (Å²) in [7, 11) is 0. The number of benzene rings is 1. The number of urea groups is 1. The Morgan fingerprint density at radius 3 is 2.84 bits per heavy atom. The fourth-order valence-electron chi connectivity index (χ4n) is 3.05. The van der Waals surface area contributed by atoms with Crippen molar-refractivity contribution in [3.05, 3.63) is 42.1 Å². The molecule has 5 rings (SSSR count). The number of hydrogen-bond donors (Lipinski definition) is 0. The van der Waals surface area contributed by atoms with Gasteiger partial charge in [0, 0.05) is 17.8 Å². The van der Waals surface area contributed by atoms with Crippen molar-refractivity contribution in [2.75, 3.05) is 18.1 Å². The van der Waals surface area contributed by atoms with Gasteiger partial charge in [-0.05, 0) is 24.3 Å². The highest BCUT2D eigenvalue weighted by Crippen LogP contribution is 2.41. The lowest BCUT2D eigenvalue weighted by atomic mass is 10.1. The number of thioether (sulfide) groups is 1. The third-order valence-corrected chi connectivity index (χ3v) is 5.37. The summed E-state index contributed by atoms with van der Waals surface area (Å²) in [5, 5.41) is 0.159. The van der Waals surface area contributed by atoms with E-state index < -0.39 is 11.3 Å². The van der Waals surface area contributed by atoms with Gasteiger partial charge in [-0.2, -0.15) is 4.99 Å². The molecule has 3 aliphatic heterocycles. The number of carbonyl (C=O) groups is 2. The van der Waals surface area contributed by atoms with Gasteiger partial charge >= 0.3 is 6.03 Å². The number of anilines is 1. The van der Waals surface area contributed by atoms with Gasteiger partial charge in [-0.3, -0.25) is 4.79 Å². The van der Waals surface area contributed by atoms with Gasteiger partial charge < -0.3 is 9.47 Å². The molecule has 0 bridgehead atoms. The number of pyridine rings is 1. The molecule has 4 heterocycles. The number of hydrogen-bond acceptors (Lipinski definition) is 6. The number of aliphatic imine (C=N–C) groups is 1. The molecule has 7 nitrogen and oxygen atoms in total. The summed E-state index contributed by atoms with van der Waals surface area (Å²) >= 11 is 1.32. The molecule has 25 heavy (non-hydrogen) atoms. The van der Waals surface area contributed by atoms with E-state index in [-0.39, 0.29) is 5.91 Å². The molecule has 0 N–H and O–H groups in total. The van der Waals surface area contributed by atoms with Crippen molar-refractivity contribution in [3.8, 4) is 11.5 Å². The lowest BCUT2D eigenvalue weighted by Gasteiger charge is -2.27. The Bertz CT molecular complexity index is 959.